The Hall–Kier alpha value is -2.74. The lowest BCUT2D eigenvalue weighted by Crippen LogP contribution is -2.27. The number of carbonyl (C=O) groups excluding carboxylic acids is 1. The van der Waals surface area contributed by atoms with Crippen LogP contribution in [0.4, 0.5) is 0 Å². The van der Waals surface area contributed by atoms with Gasteiger partial charge in [0.25, 0.3) is 11.5 Å². The summed E-state index contributed by atoms with van der Waals surface area (Å²) < 4.78 is 11.6. The number of rotatable bonds is 9. The molecule has 0 saturated heterocycles. The first-order chi connectivity index (χ1) is 11.7. The summed E-state index contributed by atoms with van der Waals surface area (Å²) in [6.07, 6.45) is 3.68. The molecule has 0 saturated carbocycles. The van der Waals surface area contributed by atoms with Crippen molar-refractivity contribution in [3.63, 3.8) is 0 Å². The van der Waals surface area contributed by atoms with Gasteiger partial charge < -0.3 is 14.8 Å². The number of aryl methyl sites for hydroxylation is 1. The average Bonchev–Trinajstić information content (AvgIpc) is 2.60. The quantitative estimate of drug-likeness (QED) is 0.671. The monoisotopic (exact) mass is 332 g/mol. The summed E-state index contributed by atoms with van der Waals surface area (Å²) in [5.41, 5.74) is 0.309. The van der Waals surface area contributed by atoms with Crippen LogP contribution in [0.5, 0.6) is 5.88 Å². The molecule has 0 aliphatic heterocycles. The van der Waals surface area contributed by atoms with Gasteiger partial charge >= 0.3 is 0 Å². The van der Waals surface area contributed by atoms with Gasteiger partial charge in [0.05, 0.1) is 6.61 Å². The third-order valence-electron chi connectivity index (χ3n) is 3.15. The van der Waals surface area contributed by atoms with Crippen LogP contribution in [0.1, 0.15) is 16.8 Å². The van der Waals surface area contributed by atoms with E-state index in [-0.39, 0.29) is 11.5 Å². The zero-order valence-electron chi connectivity index (χ0n) is 13.5. The molecule has 0 radical (unpaired) electrons. The third kappa shape index (κ3) is 5.47. The van der Waals surface area contributed by atoms with Gasteiger partial charge in [-0.3, -0.25) is 9.59 Å². The average molecular weight is 332 g/mol. The molecule has 0 aromatic carbocycles. The maximum Gasteiger partial charge on any atom is 0.266 e. The second-order valence-corrected chi connectivity index (χ2v) is 4.92. The van der Waals surface area contributed by atoms with E-state index in [1.807, 2.05) is 0 Å². The van der Waals surface area contributed by atoms with Gasteiger partial charge in [0.1, 0.15) is 6.61 Å². The Kier molecular flexibility index (Phi) is 6.91. The molecule has 8 nitrogen and oxygen atoms in total. The predicted octanol–water partition coefficient (Wildman–Crippen LogP) is 0.484. The van der Waals surface area contributed by atoms with Crippen LogP contribution in [0.25, 0.3) is 0 Å². The van der Waals surface area contributed by atoms with Gasteiger partial charge in [-0.25, -0.2) is 9.67 Å². The topological polar surface area (TPSA) is 95.3 Å². The van der Waals surface area contributed by atoms with Crippen LogP contribution in [0, 0.1) is 0 Å². The predicted molar refractivity (Wildman–Crippen MR) is 87.1 cm³/mol. The molecule has 2 heterocycles. The summed E-state index contributed by atoms with van der Waals surface area (Å²) in [4.78, 5) is 27.6. The Balaban J connectivity index is 1.79. The van der Waals surface area contributed by atoms with Crippen molar-refractivity contribution in [2.24, 2.45) is 0 Å². The number of nitrogens with zero attached hydrogens (tertiary/aromatic N) is 3. The van der Waals surface area contributed by atoms with Gasteiger partial charge in [-0.1, -0.05) is 0 Å². The summed E-state index contributed by atoms with van der Waals surface area (Å²) in [6.45, 7) is 1.70. The SMILES string of the molecule is COCCOc1cc(C(=O)NCCCn2ncccc2=O)ccn1. The Morgan fingerprint density at radius 1 is 1.29 bits per heavy atom. The molecule has 2 rings (SSSR count). The minimum Gasteiger partial charge on any atom is -0.475 e. The van der Waals surface area contributed by atoms with Crippen LogP contribution in [0.2, 0.25) is 0 Å². The summed E-state index contributed by atoms with van der Waals surface area (Å²) in [5, 5.41) is 6.75. The molecule has 0 bridgehead atoms. The van der Waals surface area contributed by atoms with Crippen LogP contribution < -0.4 is 15.6 Å². The Morgan fingerprint density at radius 2 is 2.17 bits per heavy atom. The van der Waals surface area contributed by atoms with Crippen LogP contribution in [-0.2, 0) is 11.3 Å². The van der Waals surface area contributed by atoms with Crippen molar-refractivity contribution >= 4 is 5.91 Å². The number of carbonyl (C=O) groups is 1. The Labute approximate surface area is 139 Å². The highest BCUT2D eigenvalue weighted by Crippen LogP contribution is 2.09. The third-order valence-corrected chi connectivity index (χ3v) is 3.15. The molecule has 0 atom stereocenters. The number of aromatic nitrogens is 3. The lowest BCUT2D eigenvalue weighted by molar-refractivity contribution is 0.0951. The van der Waals surface area contributed by atoms with Crippen molar-refractivity contribution in [3.8, 4) is 5.88 Å². The second-order valence-electron chi connectivity index (χ2n) is 4.92. The van der Waals surface area contributed by atoms with Crippen molar-refractivity contribution in [1.82, 2.24) is 20.1 Å². The van der Waals surface area contributed by atoms with Crippen molar-refractivity contribution < 1.29 is 14.3 Å². The molecule has 0 aliphatic rings. The largest absolute Gasteiger partial charge is 0.475 e. The van der Waals surface area contributed by atoms with Crippen LogP contribution in [0.3, 0.4) is 0 Å². The number of hydrogen-bond donors (Lipinski definition) is 1. The van der Waals surface area contributed by atoms with Crippen LogP contribution in [-0.4, -0.2) is 47.5 Å². The number of ether oxygens (including phenoxy) is 2. The summed E-state index contributed by atoms with van der Waals surface area (Å²) in [5.74, 6) is 0.155. The number of pyridine rings is 1. The molecule has 0 fully saturated rings. The van der Waals surface area contributed by atoms with Crippen molar-refractivity contribution in [2.45, 2.75) is 13.0 Å². The summed E-state index contributed by atoms with van der Waals surface area (Å²) in [6, 6.07) is 6.24. The molecule has 0 unspecified atom stereocenters. The fraction of sp³-hybridized carbons (Fsp3) is 0.375. The molecule has 8 heteroatoms. The normalized spacial score (nSPS) is 10.4. The number of nitrogens with one attached hydrogen (secondary N) is 1. The highest BCUT2D eigenvalue weighted by Gasteiger charge is 2.07. The van der Waals surface area contributed by atoms with E-state index >= 15 is 0 Å². The number of methoxy groups -OCH3 is 1. The highest BCUT2D eigenvalue weighted by molar-refractivity contribution is 5.94. The van der Waals surface area contributed by atoms with Crippen LogP contribution in [0.15, 0.2) is 41.5 Å². The summed E-state index contributed by atoms with van der Waals surface area (Å²) >= 11 is 0. The van der Waals surface area contributed by atoms with Crippen molar-refractivity contribution in [1.29, 1.82) is 0 Å². The van der Waals surface area contributed by atoms with E-state index in [1.165, 1.54) is 16.9 Å². The first-order valence-electron chi connectivity index (χ1n) is 7.59. The molecule has 1 N–H and O–H groups in total. The molecular weight excluding hydrogens is 312 g/mol. The van der Waals surface area contributed by atoms with E-state index < -0.39 is 0 Å². The zero-order chi connectivity index (χ0) is 17.2. The maximum absolute atomic E-state index is 12.1. The molecule has 2 aromatic rings. The minimum absolute atomic E-state index is 0.157. The van der Waals surface area contributed by atoms with Gasteiger partial charge in [-0.15, -0.1) is 0 Å². The van der Waals surface area contributed by atoms with Crippen molar-refractivity contribution in [2.75, 3.05) is 26.9 Å². The fourth-order valence-corrected chi connectivity index (χ4v) is 1.95. The maximum atomic E-state index is 12.1. The van der Waals surface area contributed by atoms with E-state index in [2.05, 4.69) is 15.4 Å². The Bertz CT molecular complexity index is 717. The number of amides is 1. The molecule has 1 amide bonds. The first-order valence-corrected chi connectivity index (χ1v) is 7.59. The standard InChI is InChI=1S/C16H20N4O4/c1-23-10-11-24-14-12-13(5-8-17-14)16(22)18-6-3-9-20-15(21)4-2-7-19-20/h2,4-5,7-8,12H,3,6,9-11H2,1H3,(H,18,22). The second kappa shape index (κ2) is 9.41. The fourth-order valence-electron chi connectivity index (χ4n) is 1.95. The lowest BCUT2D eigenvalue weighted by atomic mass is 10.2. The first kappa shape index (κ1) is 17.6. The highest BCUT2D eigenvalue weighted by atomic mass is 16.5. The van der Waals surface area contributed by atoms with Crippen LogP contribution >= 0.6 is 0 Å². The smallest absolute Gasteiger partial charge is 0.266 e. The molecule has 0 aliphatic carbocycles. The molecule has 24 heavy (non-hydrogen) atoms. The van der Waals surface area contributed by atoms with Gasteiger partial charge in [-0.2, -0.15) is 5.10 Å². The van der Waals surface area contributed by atoms with Gasteiger partial charge in [0.15, 0.2) is 0 Å². The van der Waals surface area contributed by atoms with Gasteiger partial charge in [-0.05, 0) is 18.6 Å². The molecular formula is C16H20N4O4. The molecule has 2 aromatic heterocycles. The summed E-state index contributed by atoms with van der Waals surface area (Å²) in [7, 11) is 1.58. The van der Waals surface area contributed by atoms with E-state index in [0.29, 0.717) is 44.2 Å². The molecule has 128 valence electrons. The van der Waals surface area contributed by atoms with Crippen molar-refractivity contribution in [3.05, 3.63) is 52.6 Å². The van der Waals surface area contributed by atoms with Gasteiger partial charge in [0.2, 0.25) is 5.88 Å². The molecule has 0 spiro atoms. The van der Waals surface area contributed by atoms with E-state index in [0.717, 1.165) is 0 Å². The van der Waals surface area contributed by atoms with Gasteiger partial charge in [0, 0.05) is 50.3 Å². The minimum atomic E-state index is -0.220. The number of hydrogen-bond acceptors (Lipinski definition) is 6. The van der Waals surface area contributed by atoms with E-state index in [1.54, 1.807) is 31.5 Å². The van der Waals surface area contributed by atoms with E-state index in [4.69, 9.17) is 9.47 Å². The van der Waals surface area contributed by atoms with E-state index in [9.17, 15) is 9.59 Å². The zero-order valence-corrected chi connectivity index (χ0v) is 13.5. The Morgan fingerprint density at radius 3 is 2.96 bits per heavy atom. The lowest BCUT2D eigenvalue weighted by Gasteiger charge is -2.08.